The van der Waals surface area contributed by atoms with Crippen LogP contribution in [0, 0.1) is 0 Å². The summed E-state index contributed by atoms with van der Waals surface area (Å²) in [6.45, 7) is 2.63. The number of hydrogen-bond acceptors (Lipinski definition) is 3. The molecule has 0 spiro atoms. The highest BCUT2D eigenvalue weighted by Crippen LogP contribution is 2.21. The standard InChI is InChI=1S/C13H17NO3S/c1-9-12(5-6-17-9)18(16)8-10-3-2-4-11(7-10)13(14)15/h2-4,7,9,12H,5-6,8H2,1H3,(H2,14,15)/t9-,12+,18+/m1/s1. The van der Waals surface area contributed by atoms with Crippen LogP contribution in [0.1, 0.15) is 29.3 Å². The third kappa shape index (κ3) is 2.97. The topological polar surface area (TPSA) is 69.4 Å². The molecule has 0 saturated carbocycles. The number of rotatable bonds is 4. The van der Waals surface area contributed by atoms with E-state index >= 15 is 0 Å². The van der Waals surface area contributed by atoms with Crippen LogP contribution in [0.15, 0.2) is 24.3 Å². The smallest absolute Gasteiger partial charge is 0.248 e. The number of nitrogens with two attached hydrogens (primary N) is 1. The number of carbonyl (C=O) groups excluding carboxylic acids is 1. The van der Waals surface area contributed by atoms with Crippen LogP contribution >= 0.6 is 0 Å². The maximum Gasteiger partial charge on any atom is 0.248 e. The van der Waals surface area contributed by atoms with Crippen LogP contribution in [0.4, 0.5) is 0 Å². The van der Waals surface area contributed by atoms with Crippen molar-refractivity contribution in [3.8, 4) is 0 Å². The van der Waals surface area contributed by atoms with E-state index in [1.165, 1.54) is 0 Å². The van der Waals surface area contributed by atoms with Gasteiger partial charge in [-0.3, -0.25) is 9.00 Å². The van der Waals surface area contributed by atoms with Crippen molar-refractivity contribution in [3.63, 3.8) is 0 Å². The Hall–Kier alpha value is -1.20. The highest BCUT2D eigenvalue weighted by Gasteiger charge is 2.29. The van der Waals surface area contributed by atoms with E-state index in [2.05, 4.69) is 0 Å². The summed E-state index contributed by atoms with van der Waals surface area (Å²) < 4.78 is 17.6. The second-order valence-corrected chi connectivity index (χ2v) is 6.15. The summed E-state index contributed by atoms with van der Waals surface area (Å²) in [6.07, 6.45) is 0.883. The van der Waals surface area contributed by atoms with Gasteiger partial charge in [0.1, 0.15) is 0 Å². The predicted molar refractivity (Wildman–Crippen MR) is 70.6 cm³/mol. The molecular formula is C13H17NO3S. The number of amides is 1. The molecule has 1 aliphatic heterocycles. The Kier molecular flexibility index (Phi) is 4.14. The molecule has 0 aliphatic carbocycles. The Morgan fingerprint density at radius 1 is 1.56 bits per heavy atom. The summed E-state index contributed by atoms with van der Waals surface area (Å²) in [5.41, 5.74) is 6.56. The highest BCUT2D eigenvalue weighted by molar-refractivity contribution is 7.84. The van der Waals surface area contributed by atoms with Crippen LogP contribution in [0.2, 0.25) is 0 Å². The van der Waals surface area contributed by atoms with Crippen molar-refractivity contribution in [3.05, 3.63) is 35.4 Å². The molecule has 0 aromatic heterocycles. The second-order valence-electron chi connectivity index (χ2n) is 4.49. The Labute approximate surface area is 109 Å². The minimum absolute atomic E-state index is 0.0464. The molecule has 3 atom stereocenters. The van der Waals surface area contributed by atoms with Gasteiger partial charge in [0.05, 0.1) is 11.4 Å². The molecule has 98 valence electrons. The largest absolute Gasteiger partial charge is 0.377 e. The van der Waals surface area contributed by atoms with E-state index in [1.807, 2.05) is 13.0 Å². The van der Waals surface area contributed by atoms with Gasteiger partial charge in [0.15, 0.2) is 0 Å². The van der Waals surface area contributed by atoms with Gasteiger partial charge in [-0.25, -0.2) is 0 Å². The van der Waals surface area contributed by atoms with Crippen molar-refractivity contribution in [2.24, 2.45) is 5.73 Å². The highest BCUT2D eigenvalue weighted by atomic mass is 32.2. The molecule has 0 bridgehead atoms. The van der Waals surface area contributed by atoms with Crippen molar-refractivity contribution in [2.75, 3.05) is 6.61 Å². The van der Waals surface area contributed by atoms with Crippen molar-refractivity contribution < 1.29 is 13.7 Å². The first kappa shape index (κ1) is 13.2. The Morgan fingerprint density at radius 3 is 2.94 bits per heavy atom. The number of carbonyl (C=O) groups is 1. The van der Waals surface area contributed by atoms with Gasteiger partial charge in [0, 0.05) is 28.7 Å². The zero-order valence-electron chi connectivity index (χ0n) is 10.3. The van der Waals surface area contributed by atoms with Crippen LogP contribution in [0.3, 0.4) is 0 Å². The van der Waals surface area contributed by atoms with Crippen LogP contribution in [0.5, 0.6) is 0 Å². The molecule has 0 unspecified atom stereocenters. The molecule has 4 nitrogen and oxygen atoms in total. The van der Waals surface area contributed by atoms with E-state index in [4.69, 9.17) is 10.5 Å². The van der Waals surface area contributed by atoms with Crippen molar-refractivity contribution >= 4 is 16.7 Å². The zero-order valence-corrected chi connectivity index (χ0v) is 11.1. The summed E-state index contributed by atoms with van der Waals surface area (Å²) in [7, 11) is -0.975. The van der Waals surface area contributed by atoms with E-state index in [1.54, 1.807) is 18.2 Å². The zero-order chi connectivity index (χ0) is 13.1. The fourth-order valence-electron chi connectivity index (χ4n) is 2.14. The Bertz CT molecular complexity index is 475. The average molecular weight is 267 g/mol. The molecule has 1 aliphatic rings. The number of primary amides is 1. The van der Waals surface area contributed by atoms with Crippen LogP contribution in [-0.2, 0) is 21.3 Å². The van der Waals surface area contributed by atoms with Gasteiger partial charge < -0.3 is 10.5 Å². The van der Waals surface area contributed by atoms with E-state index in [0.29, 0.717) is 17.9 Å². The lowest BCUT2D eigenvalue weighted by molar-refractivity contribution is 0.1000. The normalized spacial score (nSPS) is 24.9. The molecule has 18 heavy (non-hydrogen) atoms. The first-order valence-electron chi connectivity index (χ1n) is 5.95. The van der Waals surface area contributed by atoms with Crippen molar-refractivity contribution in [2.45, 2.75) is 30.5 Å². The molecule has 1 saturated heterocycles. The van der Waals surface area contributed by atoms with E-state index in [-0.39, 0.29) is 11.4 Å². The summed E-state index contributed by atoms with van der Waals surface area (Å²) in [5, 5.41) is 0.0854. The van der Waals surface area contributed by atoms with Gasteiger partial charge in [-0.2, -0.15) is 0 Å². The third-order valence-corrected chi connectivity index (χ3v) is 5.08. The molecule has 2 N–H and O–H groups in total. The maximum atomic E-state index is 12.2. The Balaban J connectivity index is 2.07. The number of benzene rings is 1. The van der Waals surface area contributed by atoms with E-state index < -0.39 is 16.7 Å². The molecule has 1 fully saturated rings. The number of ether oxygens (including phenoxy) is 1. The molecule has 5 heteroatoms. The Morgan fingerprint density at radius 2 is 2.33 bits per heavy atom. The lowest BCUT2D eigenvalue weighted by Gasteiger charge is -2.13. The summed E-state index contributed by atoms with van der Waals surface area (Å²) >= 11 is 0. The van der Waals surface area contributed by atoms with E-state index in [0.717, 1.165) is 12.0 Å². The molecule has 2 rings (SSSR count). The van der Waals surface area contributed by atoms with Gasteiger partial charge >= 0.3 is 0 Å². The van der Waals surface area contributed by atoms with Crippen molar-refractivity contribution in [1.82, 2.24) is 0 Å². The first-order valence-corrected chi connectivity index (χ1v) is 7.33. The molecule has 1 aromatic carbocycles. The quantitative estimate of drug-likeness (QED) is 0.891. The van der Waals surface area contributed by atoms with Crippen molar-refractivity contribution in [1.29, 1.82) is 0 Å². The molecule has 1 aromatic rings. The summed E-state index contributed by atoms with van der Waals surface area (Å²) in [6, 6.07) is 7.00. The lowest BCUT2D eigenvalue weighted by Crippen LogP contribution is -2.24. The van der Waals surface area contributed by atoms with Gasteiger partial charge in [0.2, 0.25) is 5.91 Å². The minimum Gasteiger partial charge on any atom is -0.377 e. The van der Waals surface area contributed by atoms with Gasteiger partial charge in [-0.1, -0.05) is 12.1 Å². The van der Waals surface area contributed by atoms with Gasteiger partial charge in [-0.05, 0) is 31.0 Å². The van der Waals surface area contributed by atoms with Crippen LogP contribution < -0.4 is 5.73 Å². The average Bonchev–Trinajstić information content (AvgIpc) is 2.76. The second kappa shape index (κ2) is 5.63. The number of hydrogen-bond donors (Lipinski definition) is 1. The maximum absolute atomic E-state index is 12.2. The molecular weight excluding hydrogens is 250 g/mol. The minimum atomic E-state index is -0.975. The fourth-order valence-corrected chi connectivity index (χ4v) is 3.73. The van der Waals surface area contributed by atoms with Gasteiger partial charge in [0.25, 0.3) is 0 Å². The van der Waals surface area contributed by atoms with E-state index in [9.17, 15) is 9.00 Å². The SMILES string of the molecule is C[C@H]1OCC[C@@H]1[S@@](=O)Cc1cccc(C(N)=O)c1. The first-order chi connectivity index (χ1) is 8.58. The molecule has 1 heterocycles. The monoisotopic (exact) mass is 267 g/mol. The van der Waals surface area contributed by atoms with Crippen LogP contribution in [0.25, 0.3) is 0 Å². The third-order valence-electron chi connectivity index (χ3n) is 3.16. The lowest BCUT2D eigenvalue weighted by atomic mass is 10.1. The van der Waals surface area contributed by atoms with Gasteiger partial charge in [-0.15, -0.1) is 0 Å². The van der Waals surface area contributed by atoms with Crippen LogP contribution in [-0.4, -0.2) is 28.1 Å². The summed E-state index contributed by atoms with van der Waals surface area (Å²) in [4.78, 5) is 11.1. The fraction of sp³-hybridized carbons (Fsp3) is 0.462. The molecule has 1 amide bonds. The predicted octanol–water partition coefficient (Wildman–Crippen LogP) is 1.21. The summed E-state index contributed by atoms with van der Waals surface area (Å²) in [5.74, 6) is -0.0142. The molecule has 0 radical (unpaired) electrons.